The van der Waals surface area contributed by atoms with Gasteiger partial charge in [-0.05, 0) is 43.4 Å². The summed E-state index contributed by atoms with van der Waals surface area (Å²) in [6.45, 7) is 3.06. The zero-order valence-corrected chi connectivity index (χ0v) is 11.7. The highest BCUT2D eigenvalue weighted by Crippen LogP contribution is 2.44. The number of hydrogen-bond acceptors (Lipinski definition) is 4. The van der Waals surface area contributed by atoms with Gasteiger partial charge in [0.15, 0.2) is 0 Å². The fraction of sp³-hybridized carbons (Fsp3) is 0.733. The fourth-order valence-corrected chi connectivity index (χ4v) is 3.35. The molecular formula is C15H22O4. The molecule has 0 spiro atoms. The minimum Gasteiger partial charge on any atom is -0.487 e. The summed E-state index contributed by atoms with van der Waals surface area (Å²) in [7, 11) is 1.65. The van der Waals surface area contributed by atoms with E-state index < -0.39 is 0 Å². The summed E-state index contributed by atoms with van der Waals surface area (Å²) >= 11 is 0. The summed E-state index contributed by atoms with van der Waals surface area (Å²) in [5, 5.41) is 0. The maximum absolute atomic E-state index is 6.07. The molecule has 3 atom stereocenters. The van der Waals surface area contributed by atoms with Gasteiger partial charge in [-0.3, -0.25) is 0 Å². The van der Waals surface area contributed by atoms with Gasteiger partial charge in [0.25, 0.3) is 0 Å². The van der Waals surface area contributed by atoms with Gasteiger partial charge in [-0.15, -0.1) is 0 Å². The van der Waals surface area contributed by atoms with E-state index >= 15 is 0 Å². The standard InChI is InChI=1S/C15H22O4/c1-3-17-10-7-13-11-5-4-6-12(11)15(18-9-16-2)14(8-10)19-13/h8,10,13,15H,3-7,9H2,1-2H3/t10-,13-,15-/m1/s1. The molecule has 1 aliphatic carbocycles. The summed E-state index contributed by atoms with van der Waals surface area (Å²) in [5.41, 5.74) is 2.87. The Balaban J connectivity index is 1.85. The van der Waals surface area contributed by atoms with Gasteiger partial charge in [0.2, 0.25) is 0 Å². The van der Waals surface area contributed by atoms with E-state index in [9.17, 15) is 0 Å². The van der Waals surface area contributed by atoms with Crippen molar-refractivity contribution in [1.29, 1.82) is 0 Å². The second-order valence-corrected chi connectivity index (χ2v) is 5.26. The van der Waals surface area contributed by atoms with Crippen LogP contribution in [0, 0.1) is 0 Å². The van der Waals surface area contributed by atoms with Crippen molar-refractivity contribution in [2.75, 3.05) is 20.5 Å². The Morgan fingerprint density at radius 1 is 1.26 bits per heavy atom. The van der Waals surface area contributed by atoms with E-state index in [0.29, 0.717) is 6.79 Å². The van der Waals surface area contributed by atoms with Crippen LogP contribution in [0.4, 0.5) is 0 Å². The number of rotatable bonds is 5. The van der Waals surface area contributed by atoms with Crippen molar-refractivity contribution < 1.29 is 18.9 Å². The first-order chi connectivity index (χ1) is 9.33. The van der Waals surface area contributed by atoms with E-state index in [1.807, 2.05) is 6.92 Å². The average Bonchev–Trinajstić information content (AvgIpc) is 2.88. The highest BCUT2D eigenvalue weighted by molar-refractivity contribution is 5.37. The Kier molecular flexibility index (Phi) is 3.91. The van der Waals surface area contributed by atoms with Crippen LogP contribution in [0.25, 0.3) is 0 Å². The molecule has 0 radical (unpaired) electrons. The van der Waals surface area contributed by atoms with Crippen LogP contribution in [0.5, 0.6) is 0 Å². The Morgan fingerprint density at radius 2 is 2.11 bits per heavy atom. The predicted molar refractivity (Wildman–Crippen MR) is 70.6 cm³/mol. The first-order valence-electron chi connectivity index (χ1n) is 7.15. The van der Waals surface area contributed by atoms with Gasteiger partial charge in [-0.2, -0.15) is 0 Å². The first kappa shape index (κ1) is 13.2. The zero-order valence-electron chi connectivity index (χ0n) is 11.7. The Labute approximate surface area is 114 Å². The third-order valence-electron chi connectivity index (χ3n) is 4.08. The summed E-state index contributed by atoms with van der Waals surface area (Å²) in [4.78, 5) is 0. The average molecular weight is 266 g/mol. The van der Waals surface area contributed by atoms with Gasteiger partial charge in [-0.25, -0.2) is 0 Å². The van der Waals surface area contributed by atoms with E-state index in [2.05, 4.69) is 6.08 Å². The van der Waals surface area contributed by atoms with Gasteiger partial charge in [0.1, 0.15) is 24.8 Å². The topological polar surface area (TPSA) is 36.9 Å². The van der Waals surface area contributed by atoms with Crippen molar-refractivity contribution in [2.24, 2.45) is 0 Å². The third kappa shape index (κ3) is 2.45. The molecule has 0 aromatic carbocycles. The third-order valence-corrected chi connectivity index (χ3v) is 4.08. The molecule has 19 heavy (non-hydrogen) atoms. The maximum atomic E-state index is 6.07. The molecule has 4 heteroatoms. The Hall–Kier alpha value is -0.840. The lowest BCUT2D eigenvalue weighted by Gasteiger charge is -2.39. The molecule has 106 valence electrons. The second-order valence-electron chi connectivity index (χ2n) is 5.26. The van der Waals surface area contributed by atoms with Crippen molar-refractivity contribution in [3.63, 3.8) is 0 Å². The predicted octanol–water partition coefficient (Wildman–Crippen LogP) is 2.55. The highest BCUT2D eigenvalue weighted by Gasteiger charge is 2.41. The molecule has 0 saturated heterocycles. The minimum atomic E-state index is -0.0584. The van der Waals surface area contributed by atoms with Crippen LogP contribution in [-0.2, 0) is 18.9 Å². The smallest absolute Gasteiger partial charge is 0.147 e. The molecule has 4 nitrogen and oxygen atoms in total. The zero-order chi connectivity index (χ0) is 13.2. The molecule has 0 unspecified atom stereocenters. The molecule has 0 aromatic rings. The van der Waals surface area contributed by atoms with Gasteiger partial charge in [-0.1, -0.05) is 0 Å². The summed E-state index contributed by atoms with van der Waals surface area (Å²) in [5.74, 6) is 0.924. The van der Waals surface area contributed by atoms with E-state index in [1.165, 1.54) is 17.6 Å². The van der Waals surface area contributed by atoms with Crippen molar-refractivity contribution in [1.82, 2.24) is 0 Å². The van der Waals surface area contributed by atoms with E-state index in [4.69, 9.17) is 18.9 Å². The van der Waals surface area contributed by atoms with E-state index in [-0.39, 0.29) is 18.3 Å². The van der Waals surface area contributed by atoms with Gasteiger partial charge in [0, 0.05) is 20.1 Å². The lowest BCUT2D eigenvalue weighted by atomic mass is 9.89. The fourth-order valence-electron chi connectivity index (χ4n) is 3.35. The first-order valence-corrected chi connectivity index (χ1v) is 7.15. The number of methoxy groups -OCH3 is 1. The SMILES string of the molecule is CCO[C@H]1C=C2O[C@H](C1)C1=C(CCC1)[C@H]2OCOC. The molecule has 0 aromatic heterocycles. The van der Waals surface area contributed by atoms with Gasteiger partial charge in [0.05, 0.1) is 6.10 Å². The van der Waals surface area contributed by atoms with Gasteiger partial charge < -0.3 is 18.9 Å². The van der Waals surface area contributed by atoms with Gasteiger partial charge >= 0.3 is 0 Å². The van der Waals surface area contributed by atoms with E-state index in [0.717, 1.165) is 31.6 Å². The number of hydrogen-bond donors (Lipinski definition) is 0. The molecule has 2 heterocycles. The van der Waals surface area contributed by atoms with Crippen LogP contribution in [0.2, 0.25) is 0 Å². The minimum absolute atomic E-state index is 0.0584. The molecule has 2 bridgehead atoms. The Bertz CT molecular complexity index is 399. The van der Waals surface area contributed by atoms with Crippen molar-refractivity contribution in [3.05, 3.63) is 23.0 Å². The van der Waals surface area contributed by atoms with Crippen LogP contribution in [-0.4, -0.2) is 38.8 Å². The van der Waals surface area contributed by atoms with Crippen LogP contribution < -0.4 is 0 Å². The highest BCUT2D eigenvalue weighted by atomic mass is 16.7. The van der Waals surface area contributed by atoms with Crippen molar-refractivity contribution in [3.8, 4) is 0 Å². The number of ether oxygens (including phenoxy) is 4. The van der Waals surface area contributed by atoms with Crippen LogP contribution in [0.3, 0.4) is 0 Å². The van der Waals surface area contributed by atoms with Crippen molar-refractivity contribution in [2.45, 2.75) is 50.9 Å². The van der Waals surface area contributed by atoms with Crippen LogP contribution in [0.15, 0.2) is 23.0 Å². The number of fused-ring (bicyclic) bond motifs is 3. The summed E-state index contributed by atoms with van der Waals surface area (Å²) in [6.07, 6.45) is 6.80. The normalized spacial score (nSPS) is 32.9. The summed E-state index contributed by atoms with van der Waals surface area (Å²) < 4.78 is 22.7. The molecule has 0 fully saturated rings. The molecule has 2 aliphatic heterocycles. The quantitative estimate of drug-likeness (QED) is 0.566. The molecule has 3 aliphatic rings. The molecule has 3 rings (SSSR count). The second kappa shape index (κ2) is 5.65. The molecular weight excluding hydrogens is 244 g/mol. The van der Waals surface area contributed by atoms with E-state index in [1.54, 1.807) is 7.11 Å². The lowest BCUT2D eigenvalue weighted by molar-refractivity contribution is -0.0831. The molecule has 0 N–H and O–H groups in total. The molecule has 0 saturated carbocycles. The maximum Gasteiger partial charge on any atom is 0.147 e. The van der Waals surface area contributed by atoms with Crippen LogP contribution in [0.1, 0.15) is 32.6 Å². The largest absolute Gasteiger partial charge is 0.487 e. The summed E-state index contributed by atoms with van der Waals surface area (Å²) in [6, 6.07) is 0. The lowest BCUT2D eigenvalue weighted by Crippen LogP contribution is -2.38. The monoisotopic (exact) mass is 266 g/mol. The Morgan fingerprint density at radius 3 is 2.89 bits per heavy atom. The van der Waals surface area contributed by atoms with Crippen molar-refractivity contribution >= 4 is 0 Å². The van der Waals surface area contributed by atoms with Crippen LogP contribution >= 0.6 is 0 Å². The molecule has 0 amide bonds.